The average molecular weight is 223 g/mol. The highest BCUT2D eigenvalue weighted by molar-refractivity contribution is 7.80. The number of pyridine rings is 1. The van der Waals surface area contributed by atoms with Gasteiger partial charge in [0.05, 0.1) is 6.04 Å². The summed E-state index contributed by atoms with van der Waals surface area (Å²) in [6.45, 7) is 1.39. The molecule has 1 saturated heterocycles. The van der Waals surface area contributed by atoms with E-state index in [0.29, 0.717) is 18.8 Å². The third-order valence-corrected chi connectivity index (χ3v) is 2.64. The number of nitrogens with one attached hydrogen (secondary N) is 1. The number of hydrogen-bond acceptors (Lipinski definition) is 3. The van der Waals surface area contributed by atoms with Gasteiger partial charge in [-0.1, -0.05) is 6.07 Å². The summed E-state index contributed by atoms with van der Waals surface area (Å²) < 4.78 is 0. The normalized spacial score (nSPS) is 20.5. The van der Waals surface area contributed by atoms with Crippen LogP contribution in [0.5, 0.6) is 0 Å². The molecule has 2 amide bonds. The standard InChI is InChI=1S/C10H13N3OS/c14-10-12-9(7-13(10)4-5-15)8-2-1-3-11-6-8/h1-3,6,9,15H,4-5,7H2,(H,12,14). The van der Waals surface area contributed by atoms with Crippen LogP contribution in [0.4, 0.5) is 4.79 Å². The van der Waals surface area contributed by atoms with Crippen LogP contribution in [0, 0.1) is 0 Å². The van der Waals surface area contributed by atoms with E-state index < -0.39 is 0 Å². The molecule has 1 aliphatic rings. The van der Waals surface area contributed by atoms with Crippen molar-refractivity contribution in [3.05, 3.63) is 30.1 Å². The van der Waals surface area contributed by atoms with Gasteiger partial charge in [-0.15, -0.1) is 0 Å². The van der Waals surface area contributed by atoms with Crippen molar-refractivity contribution in [2.75, 3.05) is 18.8 Å². The van der Waals surface area contributed by atoms with Gasteiger partial charge < -0.3 is 10.2 Å². The molecule has 1 aromatic rings. The van der Waals surface area contributed by atoms with Crippen molar-refractivity contribution in [2.45, 2.75) is 6.04 Å². The van der Waals surface area contributed by atoms with E-state index in [0.717, 1.165) is 5.56 Å². The van der Waals surface area contributed by atoms with Gasteiger partial charge in [-0.25, -0.2) is 4.79 Å². The third-order valence-electron chi connectivity index (χ3n) is 2.44. The van der Waals surface area contributed by atoms with E-state index in [9.17, 15) is 4.79 Å². The van der Waals surface area contributed by atoms with Gasteiger partial charge in [0.1, 0.15) is 0 Å². The Bertz CT molecular complexity index is 344. The van der Waals surface area contributed by atoms with Crippen LogP contribution in [0.25, 0.3) is 0 Å². The number of aromatic nitrogens is 1. The molecule has 5 heteroatoms. The van der Waals surface area contributed by atoms with Gasteiger partial charge in [0, 0.05) is 31.2 Å². The molecule has 4 nitrogen and oxygen atoms in total. The van der Waals surface area contributed by atoms with E-state index in [2.05, 4.69) is 22.9 Å². The molecule has 1 fully saturated rings. The molecule has 1 aliphatic heterocycles. The number of amides is 2. The zero-order valence-corrected chi connectivity index (χ0v) is 9.15. The van der Waals surface area contributed by atoms with Crippen LogP contribution < -0.4 is 5.32 Å². The van der Waals surface area contributed by atoms with Gasteiger partial charge in [0.2, 0.25) is 0 Å². The smallest absolute Gasteiger partial charge is 0.318 e. The number of carbonyl (C=O) groups excluding carboxylic acids is 1. The molecule has 1 N–H and O–H groups in total. The third kappa shape index (κ3) is 2.23. The van der Waals surface area contributed by atoms with Crippen molar-refractivity contribution in [2.24, 2.45) is 0 Å². The summed E-state index contributed by atoms with van der Waals surface area (Å²) in [5.41, 5.74) is 1.05. The fourth-order valence-corrected chi connectivity index (χ4v) is 1.92. The average Bonchev–Trinajstić information content (AvgIpc) is 2.63. The molecule has 1 aromatic heterocycles. The van der Waals surface area contributed by atoms with Crippen molar-refractivity contribution in [1.29, 1.82) is 0 Å². The summed E-state index contributed by atoms with van der Waals surface area (Å²) in [7, 11) is 0. The van der Waals surface area contributed by atoms with Gasteiger partial charge in [-0.2, -0.15) is 12.6 Å². The lowest BCUT2D eigenvalue weighted by Crippen LogP contribution is -2.29. The van der Waals surface area contributed by atoms with E-state index in [-0.39, 0.29) is 12.1 Å². The van der Waals surface area contributed by atoms with Crippen molar-refractivity contribution in [3.8, 4) is 0 Å². The van der Waals surface area contributed by atoms with Gasteiger partial charge in [-0.05, 0) is 11.6 Å². The molecule has 1 atom stereocenters. The second-order valence-electron chi connectivity index (χ2n) is 3.46. The lowest BCUT2D eigenvalue weighted by Gasteiger charge is -2.12. The van der Waals surface area contributed by atoms with E-state index in [1.54, 1.807) is 17.3 Å². The monoisotopic (exact) mass is 223 g/mol. The van der Waals surface area contributed by atoms with Crippen molar-refractivity contribution in [3.63, 3.8) is 0 Å². The summed E-state index contributed by atoms with van der Waals surface area (Å²) in [4.78, 5) is 17.3. The van der Waals surface area contributed by atoms with Crippen molar-refractivity contribution >= 4 is 18.7 Å². The Kier molecular flexibility index (Phi) is 3.11. The quantitative estimate of drug-likeness (QED) is 0.753. The largest absolute Gasteiger partial charge is 0.329 e. The Morgan fingerprint density at radius 2 is 2.53 bits per heavy atom. The van der Waals surface area contributed by atoms with Gasteiger partial charge >= 0.3 is 6.03 Å². The molecule has 2 rings (SSSR count). The molecule has 0 radical (unpaired) electrons. The first-order chi connectivity index (χ1) is 7.31. The van der Waals surface area contributed by atoms with Crippen LogP contribution in [-0.2, 0) is 0 Å². The highest BCUT2D eigenvalue weighted by Gasteiger charge is 2.28. The number of hydrogen-bond donors (Lipinski definition) is 2. The number of carbonyl (C=O) groups is 1. The molecule has 0 aromatic carbocycles. The molecule has 15 heavy (non-hydrogen) atoms. The molecular formula is C10H13N3OS. The van der Waals surface area contributed by atoms with Crippen molar-refractivity contribution in [1.82, 2.24) is 15.2 Å². The lowest BCUT2D eigenvalue weighted by molar-refractivity contribution is 0.220. The SMILES string of the molecule is O=C1NC(c2cccnc2)CN1CCS. The first-order valence-corrected chi connectivity index (χ1v) is 5.50. The Morgan fingerprint density at radius 3 is 3.20 bits per heavy atom. The van der Waals surface area contributed by atoms with Crippen LogP contribution in [0.2, 0.25) is 0 Å². The topological polar surface area (TPSA) is 45.2 Å². The molecule has 0 bridgehead atoms. The summed E-state index contributed by atoms with van der Waals surface area (Å²) in [5, 5.41) is 2.92. The molecular weight excluding hydrogens is 210 g/mol. The Labute approximate surface area is 94.1 Å². The minimum absolute atomic E-state index is 0.0158. The summed E-state index contributed by atoms with van der Waals surface area (Å²) in [5.74, 6) is 0.688. The van der Waals surface area contributed by atoms with Crippen LogP contribution >= 0.6 is 12.6 Å². The highest BCUT2D eigenvalue weighted by atomic mass is 32.1. The zero-order chi connectivity index (χ0) is 10.7. The molecule has 0 spiro atoms. The molecule has 1 unspecified atom stereocenters. The lowest BCUT2D eigenvalue weighted by atomic mass is 10.1. The molecule has 80 valence electrons. The molecule has 0 saturated carbocycles. The first-order valence-electron chi connectivity index (χ1n) is 4.87. The fraction of sp³-hybridized carbons (Fsp3) is 0.400. The van der Waals surface area contributed by atoms with Crippen LogP contribution in [0.1, 0.15) is 11.6 Å². The van der Waals surface area contributed by atoms with Crippen LogP contribution in [-0.4, -0.2) is 34.8 Å². The summed E-state index contributed by atoms with van der Waals surface area (Å²) in [6.07, 6.45) is 3.51. The maximum absolute atomic E-state index is 11.5. The van der Waals surface area contributed by atoms with Gasteiger partial charge in [0.25, 0.3) is 0 Å². The maximum Gasteiger partial charge on any atom is 0.318 e. The maximum atomic E-state index is 11.5. The number of nitrogens with zero attached hydrogens (tertiary/aromatic N) is 2. The van der Waals surface area contributed by atoms with Crippen molar-refractivity contribution < 1.29 is 4.79 Å². The summed E-state index contributed by atoms with van der Waals surface area (Å²) in [6, 6.07) is 3.90. The summed E-state index contributed by atoms with van der Waals surface area (Å²) >= 11 is 4.12. The van der Waals surface area contributed by atoms with Gasteiger partial charge in [0.15, 0.2) is 0 Å². The highest BCUT2D eigenvalue weighted by Crippen LogP contribution is 2.18. The predicted molar refractivity (Wildman–Crippen MR) is 60.9 cm³/mol. The number of thiol groups is 1. The molecule has 2 heterocycles. The van der Waals surface area contributed by atoms with E-state index >= 15 is 0 Å². The van der Waals surface area contributed by atoms with E-state index in [4.69, 9.17) is 0 Å². The zero-order valence-electron chi connectivity index (χ0n) is 8.26. The predicted octanol–water partition coefficient (Wildman–Crippen LogP) is 1.08. The van der Waals surface area contributed by atoms with E-state index in [1.807, 2.05) is 12.1 Å². The Morgan fingerprint density at radius 1 is 1.67 bits per heavy atom. The van der Waals surface area contributed by atoms with Gasteiger partial charge in [-0.3, -0.25) is 4.98 Å². The fourth-order valence-electron chi connectivity index (χ4n) is 1.67. The second-order valence-corrected chi connectivity index (χ2v) is 3.91. The second kappa shape index (κ2) is 4.53. The van der Waals surface area contributed by atoms with Crippen LogP contribution in [0.3, 0.4) is 0 Å². The minimum atomic E-state index is -0.0158. The van der Waals surface area contributed by atoms with Crippen LogP contribution in [0.15, 0.2) is 24.5 Å². The molecule has 0 aliphatic carbocycles. The van der Waals surface area contributed by atoms with E-state index in [1.165, 1.54) is 0 Å². The Hall–Kier alpha value is -1.23. The first kappa shape index (κ1) is 10.3. The Balaban J connectivity index is 2.06. The minimum Gasteiger partial charge on any atom is -0.329 e. The number of urea groups is 1. The number of rotatable bonds is 3.